The third-order valence-electron chi connectivity index (χ3n) is 3.58. The molecule has 4 heteroatoms. The zero-order chi connectivity index (χ0) is 15.0. The molecule has 3 rings (SSSR count). The second-order valence-corrected chi connectivity index (χ2v) is 5.02. The van der Waals surface area contributed by atoms with Crippen LogP contribution in [0.5, 0.6) is 0 Å². The molecule has 2 aromatic carbocycles. The van der Waals surface area contributed by atoms with Crippen molar-refractivity contribution in [3.63, 3.8) is 0 Å². The first-order valence-electron chi connectivity index (χ1n) is 6.66. The van der Waals surface area contributed by atoms with Gasteiger partial charge in [-0.25, -0.2) is 4.39 Å². The van der Waals surface area contributed by atoms with E-state index >= 15 is 0 Å². The SMILES string of the molecule is Cc1cccc(C)c1-c1noc(N)c1-c1ccccc1F. The normalized spacial score (nSPS) is 10.8. The quantitative estimate of drug-likeness (QED) is 0.760. The fraction of sp³-hybridized carbons (Fsp3) is 0.118. The van der Waals surface area contributed by atoms with Crippen LogP contribution in [0.1, 0.15) is 11.1 Å². The summed E-state index contributed by atoms with van der Waals surface area (Å²) in [5.41, 5.74) is 10.4. The van der Waals surface area contributed by atoms with Crippen molar-refractivity contribution in [3.05, 3.63) is 59.4 Å². The lowest BCUT2D eigenvalue weighted by atomic mass is 9.94. The fourth-order valence-corrected chi connectivity index (χ4v) is 2.59. The maximum absolute atomic E-state index is 14.1. The third-order valence-corrected chi connectivity index (χ3v) is 3.58. The molecular formula is C17H15FN2O. The van der Waals surface area contributed by atoms with Gasteiger partial charge in [0.1, 0.15) is 11.5 Å². The monoisotopic (exact) mass is 282 g/mol. The molecule has 21 heavy (non-hydrogen) atoms. The van der Waals surface area contributed by atoms with Crippen molar-refractivity contribution in [2.24, 2.45) is 0 Å². The zero-order valence-electron chi connectivity index (χ0n) is 11.9. The number of anilines is 1. The van der Waals surface area contributed by atoms with E-state index in [0.717, 1.165) is 16.7 Å². The number of benzene rings is 2. The number of aryl methyl sites for hydroxylation is 2. The van der Waals surface area contributed by atoms with E-state index in [1.54, 1.807) is 18.2 Å². The second kappa shape index (κ2) is 5.05. The van der Waals surface area contributed by atoms with Gasteiger partial charge in [-0.2, -0.15) is 0 Å². The molecule has 3 nitrogen and oxygen atoms in total. The van der Waals surface area contributed by atoms with Crippen LogP contribution in [0, 0.1) is 19.7 Å². The molecule has 0 spiro atoms. The summed E-state index contributed by atoms with van der Waals surface area (Å²) < 4.78 is 19.2. The topological polar surface area (TPSA) is 52.0 Å². The van der Waals surface area contributed by atoms with Crippen LogP contribution >= 0.6 is 0 Å². The highest BCUT2D eigenvalue weighted by Gasteiger charge is 2.22. The molecule has 0 radical (unpaired) electrons. The van der Waals surface area contributed by atoms with Gasteiger partial charge in [0.2, 0.25) is 5.88 Å². The van der Waals surface area contributed by atoms with E-state index in [4.69, 9.17) is 10.3 Å². The largest absolute Gasteiger partial charge is 0.367 e. The molecule has 0 amide bonds. The summed E-state index contributed by atoms with van der Waals surface area (Å²) in [6.45, 7) is 3.97. The molecule has 0 aliphatic heterocycles. The Morgan fingerprint density at radius 1 is 0.952 bits per heavy atom. The van der Waals surface area contributed by atoms with Crippen molar-refractivity contribution < 1.29 is 8.91 Å². The van der Waals surface area contributed by atoms with Gasteiger partial charge in [0.05, 0.1) is 5.56 Å². The highest BCUT2D eigenvalue weighted by atomic mass is 19.1. The minimum atomic E-state index is -0.347. The number of rotatable bonds is 2. The Hall–Kier alpha value is -2.62. The van der Waals surface area contributed by atoms with Gasteiger partial charge in [-0.05, 0) is 31.0 Å². The Kier molecular flexibility index (Phi) is 3.22. The average molecular weight is 282 g/mol. The van der Waals surface area contributed by atoms with Gasteiger partial charge < -0.3 is 10.3 Å². The van der Waals surface area contributed by atoms with Crippen LogP contribution in [-0.2, 0) is 0 Å². The first-order valence-corrected chi connectivity index (χ1v) is 6.66. The maximum atomic E-state index is 14.1. The van der Waals surface area contributed by atoms with Gasteiger partial charge >= 0.3 is 0 Å². The Morgan fingerprint density at radius 3 is 2.29 bits per heavy atom. The molecule has 0 unspecified atom stereocenters. The number of nitrogen functional groups attached to an aromatic ring is 1. The molecular weight excluding hydrogens is 267 g/mol. The third kappa shape index (κ3) is 2.18. The fourth-order valence-electron chi connectivity index (χ4n) is 2.59. The van der Waals surface area contributed by atoms with Crippen LogP contribution < -0.4 is 5.73 Å². The minimum Gasteiger partial charge on any atom is -0.367 e. The van der Waals surface area contributed by atoms with Crippen LogP contribution in [0.3, 0.4) is 0 Å². The predicted octanol–water partition coefficient (Wildman–Crippen LogP) is 4.35. The van der Waals surface area contributed by atoms with Gasteiger partial charge in [0.25, 0.3) is 0 Å². The Morgan fingerprint density at radius 2 is 1.62 bits per heavy atom. The van der Waals surface area contributed by atoms with E-state index < -0.39 is 0 Å². The van der Waals surface area contributed by atoms with Gasteiger partial charge in [0.15, 0.2) is 0 Å². The van der Waals surface area contributed by atoms with E-state index in [9.17, 15) is 4.39 Å². The molecule has 106 valence electrons. The summed E-state index contributed by atoms with van der Waals surface area (Å²) in [6, 6.07) is 12.4. The predicted molar refractivity (Wildman–Crippen MR) is 81.2 cm³/mol. The highest BCUT2D eigenvalue weighted by Crippen LogP contribution is 2.39. The standard InChI is InChI=1S/C17H15FN2O/c1-10-6-5-7-11(2)14(10)16-15(17(19)21-20-16)12-8-3-4-9-13(12)18/h3-9H,19H2,1-2H3. The molecule has 0 saturated carbocycles. The van der Waals surface area contributed by atoms with Crippen molar-refractivity contribution in [2.75, 3.05) is 5.73 Å². The number of nitrogens with zero attached hydrogens (tertiary/aromatic N) is 1. The first-order chi connectivity index (χ1) is 10.1. The zero-order valence-corrected chi connectivity index (χ0v) is 11.9. The van der Waals surface area contributed by atoms with Crippen LogP contribution in [0.2, 0.25) is 0 Å². The van der Waals surface area contributed by atoms with E-state index in [1.165, 1.54) is 6.07 Å². The molecule has 0 bridgehead atoms. The Bertz CT molecular complexity index is 788. The average Bonchev–Trinajstić information content (AvgIpc) is 2.81. The van der Waals surface area contributed by atoms with Crippen LogP contribution in [0.4, 0.5) is 10.3 Å². The van der Waals surface area contributed by atoms with Gasteiger partial charge in [-0.1, -0.05) is 41.6 Å². The molecule has 1 heterocycles. The Labute approximate surface area is 122 Å². The molecule has 1 aromatic heterocycles. The number of aromatic nitrogens is 1. The summed E-state index contributed by atoms with van der Waals surface area (Å²) in [5, 5.41) is 4.06. The lowest BCUT2D eigenvalue weighted by Gasteiger charge is -2.09. The van der Waals surface area contributed by atoms with E-state index in [0.29, 0.717) is 16.8 Å². The molecule has 2 N–H and O–H groups in total. The maximum Gasteiger partial charge on any atom is 0.230 e. The highest BCUT2D eigenvalue weighted by molar-refractivity contribution is 5.89. The second-order valence-electron chi connectivity index (χ2n) is 5.02. The lowest BCUT2D eigenvalue weighted by molar-refractivity contribution is 0.439. The van der Waals surface area contributed by atoms with Crippen LogP contribution in [0.25, 0.3) is 22.4 Å². The molecule has 0 atom stereocenters. The molecule has 3 aromatic rings. The Balaban J connectivity index is 2.31. The minimum absolute atomic E-state index is 0.123. The summed E-state index contributed by atoms with van der Waals surface area (Å²) in [7, 11) is 0. The molecule has 0 aliphatic carbocycles. The van der Waals surface area contributed by atoms with E-state index in [1.807, 2.05) is 32.0 Å². The summed E-state index contributed by atoms with van der Waals surface area (Å²) in [5.74, 6) is -0.224. The van der Waals surface area contributed by atoms with E-state index in [2.05, 4.69) is 5.16 Å². The van der Waals surface area contributed by atoms with Gasteiger partial charge in [-0.3, -0.25) is 0 Å². The van der Waals surface area contributed by atoms with Crippen molar-refractivity contribution in [1.82, 2.24) is 5.16 Å². The summed E-state index contributed by atoms with van der Waals surface area (Å²) in [4.78, 5) is 0. The molecule has 0 saturated heterocycles. The van der Waals surface area contributed by atoms with Crippen molar-refractivity contribution >= 4 is 5.88 Å². The van der Waals surface area contributed by atoms with Crippen molar-refractivity contribution in [3.8, 4) is 22.4 Å². The number of hydrogen-bond acceptors (Lipinski definition) is 3. The van der Waals surface area contributed by atoms with Gasteiger partial charge in [0, 0.05) is 11.1 Å². The lowest BCUT2D eigenvalue weighted by Crippen LogP contribution is -1.93. The smallest absolute Gasteiger partial charge is 0.230 e. The molecule has 0 aliphatic rings. The van der Waals surface area contributed by atoms with E-state index in [-0.39, 0.29) is 11.7 Å². The number of nitrogens with two attached hydrogens (primary N) is 1. The van der Waals surface area contributed by atoms with Crippen LogP contribution in [0.15, 0.2) is 47.0 Å². The van der Waals surface area contributed by atoms with Crippen LogP contribution in [-0.4, -0.2) is 5.16 Å². The number of hydrogen-bond donors (Lipinski definition) is 1. The van der Waals surface area contributed by atoms with Gasteiger partial charge in [-0.15, -0.1) is 0 Å². The molecule has 0 fully saturated rings. The first kappa shape index (κ1) is 13.4. The number of halogens is 1. The summed E-state index contributed by atoms with van der Waals surface area (Å²) >= 11 is 0. The van der Waals surface area contributed by atoms with Crippen molar-refractivity contribution in [2.45, 2.75) is 13.8 Å². The summed E-state index contributed by atoms with van der Waals surface area (Å²) in [6.07, 6.45) is 0. The van der Waals surface area contributed by atoms with Crippen molar-refractivity contribution in [1.29, 1.82) is 0 Å².